The molecular weight excluding hydrogens is 236 g/mol. The maximum absolute atomic E-state index is 12.3. The number of amides is 1. The normalized spacial score (nSPS) is 32.0. The molecule has 1 saturated carbocycles. The van der Waals surface area contributed by atoms with Crippen molar-refractivity contribution in [1.82, 2.24) is 10.2 Å². The number of hydrogen-bond acceptors (Lipinski definition) is 2. The van der Waals surface area contributed by atoms with Gasteiger partial charge in [0.15, 0.2) is 0 Å². The lowest BCUT2D eigenvalue weighted by Crippen LogP contribution is -2.40. The minimum Gasteiger partial charge on any atom is -0.341 e. The van der Waals surface area contributed by atoms with E-state index in [2.05, 4.69) is 24.1 Å². The van der Waals surface area contributed by atoms with E-state index in [1.54, 1.807) is 0 Å². The van der Waals surface area contributed by atoms with Gasteiger partial charge in [0.2, 0.25) is 5.91 Å². The van der Waals surface area contributed by atoms with E-state index >= 15 is 0 Å². The summed E-state index contributed by atoms with van der Waals surface area (Å²) in [6.45, 7) is 7.40. The lowest BCUT2D eigenvalue weighted by atomic mass is 9.80. The van der Waals surface area contributed by atoms with Gasteiger partial charge in [-0.25, -0.2) is 0 Å². The molecule has 1 N–H and O–H groups in total. The second-order valence-electron chi connectivity index (χ2n) is 6.37. The summed E-state index contributed by atoms with van der Waals surface area (Å²) in [5.41, 5.74) is 0. The van der Waals surface area contributed by atoms with Crippen LogP contribution in [-0.2, 0) is 4.79 Å². The summed E-state index contributed by atoms with van der Waals surface area (Å²) >= 11 is 0. The molecule has 1 amide bonds. The lowest BCUT2D eigenvalue weighted by Gasteiger charge is -2.30. The van der Waals surface area contributed by atoms with Crippen molar-refractivity contribution < 1.29 is 4.79 Å². The van der Waals surface area contributed by atoms with Gasteiger partial charge in [-0.05, 0) is 44.1 Å². The molecule has 1 heterocycles. The molecule has 1 aliphatic heterocycles. The summed E-state index contributed by atoms with van der Waals surface area (Å²) in [6.07, 6.45) is 8.85. The molecule has 0 bridgehead atoms. The van der Waals surface area contributed by atoms with Crippen LogP contribution in [0.2, 0.25) is 0 Å². The zero-order chi connectivity index (χ0) is 13.7. The first-order valence-electron chi connectivity index (χ1n) is 8.26. The van der Waals surface area contributed by atoms with Crippen molar-refractivity contribution >= 4 is 5.91 Å². The zero-order valence-corrected chi connectivity index (χ0v) is 12.7. The smallest absolute Gasteiger partial charge is 0.239 e. The molecule has 110 valence electrons. The number of carbonyl (C=O) groups is 1. The molecule has 0 spiro atoms. The molecule has 1 atom stereocenters. The van der Waals surface area contributed by atoms with Crippen molar-refractivity contribution in [2.75, 3.05) is 19.6 Å². The molecular formula is C16H30N2O. The molecule has 19 heavy (non-hydrogen) atoms. The van der Waals surface area contributed by atoms with Crippen LogP contribution < -0.4 is 5.32 Å². The predicted octanol–water partition coefficient (Wildman–Crippen LogP) is 2.80. The minimum atomic E-state index is 0.104. The van der Waals surface area contributed by atoms with E-state index in [-0.39, 0.29) is 6.04 Å². The van der Waals surface area contributed by atoms with Crippen LogP contribution in [-0.4, -0.2) is 36.5 Å². The first-order chi connectivity index (χ1) is 9.24. The quantitative estimate of drug-likeness (QED) is 0.802. The summed E-state index contributed by atoms with van der Waals surface area (Å²) in [5, 5.41) is 3.37. The van der Waals surface area contributed by atoms with E-state index in [1.165, 1.54) is 32.1 Å². The fourth-order valence-corrected chi connectivity index (χ4v) is 3.56. The molecule has 3 nitrogen and oxygen atoms in total. The fraction of sp³-hybridized carbons (Fsp3) is 0.938. The molecule has 2 fully saturated rings. The highest BCUT2D eigenvalue weighted by Crippen LogP contribution is 2.31. The van der Waals surface area contributed by atoms with Gasteiger partial charge in [-0.1, -0.05) is 33.1 Å². The topological polar surface area (TPSA) is 32.3 Å². The van der Waals surface area contributed by atoms with Crippen molar-refractivity contribution in [3.05, 3.63) is 0 Å². The Bertz CT molecular complexity index is 284. The highest BCUT2D eigenvalue weighted by atomic mass is 16.2. The monoisotopic (exact) mass is 266 g/mol. The highest BCUT2D eigenvalue weighted by molar-refractivity contribution is 5.83. The van der Waals surface area contributed by atoms with Crippen LogP contribution in [0.4, 0.5) is 0 Å². The first-order valence-corrected chi connectivity index (χ1v) is 8.26. The highest BCUT2D eigenvalue weighted by Gasteiger charge is 2.33. The van der Waals surface area contributed by atoms with Gasteiger partial charge in [-0.2, -0.15) is 0 Å². The first kappa shape index (κ1) is 14.8. The van der Waals surface area contributed by atoms with Crippen LogP contribution in [0.25, 0.3) is 0 Å². The predicted molar refractivity (Wildman–Crippen MR) is 79.0 cm³/mol. The summed E-state index contributed by atoms with van der Waals surface area (Å²) in [6, 6.07) is 0.104. The van der Waals surface area contributed by atoms with E-state index < -0.39 is 0 Å². The Morgan fingerprint density at radius 1 is 1.11 bits per heavy atom. The van der Waals surface area contributed by atoms with Gasteiger partial charge in [0, 0.05) is 13.1 Å². The summed E-state index contributed by atoms with van der Waals surface area (Å²) < 4.78 is 0. The number of nitrogens with one attached hydrogen (secondary N) is 1. The molecule has 1 unspecified atom stereocenters. The van der Waals surface area contributed by atoms with Gasteiger partial charge < -0.3 is 10.2 Å². The van der Waals surface area contributed by atoms with E-state index in [0.29, 0.717) is 5.91 Å². The number of nitrogens with zero attached hydrogens (tertiary/aromatic N) is 1. The third-order valence-electron chi connectivity index (χ3n) is 4.96. The van der Waals surface area contributed by atoms with Crippen LogP contribution in [0.15, 0.2) is 0 Å². The molecule has 1 aliphatic carbocycles. The van der Waals surface area contributed by atoms with Crippen LogP contribution in [0, 0.1) is 11.8 Å². The Kier molecular flexibility index (Phi) is 5.68. The third-order valence-corrected chi connectivity index (χ3v) is 4.96. The second kappa shape index (κ2) is 7.28. The van der Waals surface area contributed by atoms with Gasteiger partial charge in [-0.15, -0.1) is 0 Å². The van der Waals surface area contributed by atoms with Crippen molar-refractivity contribution in [2.45, 2.75) is 64.8 Å². The fourth-order valence-electron chi connectivity index (χ4n) is 3.56. The van der Waals surface area contributed by atoms with Gasteiger partial charge in [0.25, 0.3) is 0 Å². The molecule has 2 aliphatic rings. The molecule has 2 rings (SSSR count). The molecule has 3 heteroatoms. The van der Waals surface area contributed by atoms with E-state index in [0.717, 1.165) is 44.3 Å². The largest absolute Gasteiger partial charge is 0.341 e. The molecule has 0 aromatic heterocycles. The van der Waals surface area contributed by atoms with Crippen molar-refractivity contribution in [1.29, 1.82) is 0 Å². The van der Waals surface area contributed by atoms with E-state index in [9.17, 15) is 4.79 Å². The molecule has 0 aromatic carbocycles. The van der Waals surface area contributed by atoms with Crippen LogP contribution >= 0.6 is 0 Å². The molecule has 1 saturated heterocycles. The van der Waals surface area contributed by atoms with E-state index in [4.69, 9.17) is 0 Å². The van der Waals surface area contributed by atoms with Crippen LogP contribution in [0.5, 0.6) is 0 Å². The van der Waals surface area contributed by atoms with Crippen molar-refractivity contribution in [3.63, 3.8) is 0 Å². The SMILES string of the molecule is CCCNC1CCN(CC2CCC(CC)CC2)C1=O. The Morgan fingerprint density at radius 3 is 2.42 bits per heavy atom. The Hall–Kier alpha value is -0.570. The number of hydrogen-bond donors (Lipinski definition) is 1. The van der Waals surface area contributed by atoms with Crippen molar-refractivity contribution in [3.8, 4) is 0 Å². The second-order valence-corrected chi connectivity index (χ2v) is 6.37. The number of carbonyl (C=O) groups excluding carboxylic acids is 1. The zero-order valence-electron chi connectivity index (χ0n) is 12.7. The average molecular weight is 266 g/mol. The number of rotatable bonds is 6. The van der Waals surface area contributed by atoms with Crippen molar-refractivity contribution in [2.24, 2.45) is 11.8 Å². The Labute approximate surface area is 118 Å². The minimum absolute atomic E-state index is 0.104. The lowest BCUT2D eigenvalue weighted by molar-refractivity contribution is -0.130. The Morgan fingerprint density at radius 2 is 1.79 bits per heavy atom. The van der Waals surface area contributed by atoms with Gasteiger partial charge in [-0.3, -0.25) is 4.79 Å². The van der Waals surface area contributed by atoms with E-state index in [1.807, 2.05) is 0 Å². The summed E-state index contributed by atoms with van der Waals surface area (Å²) in [5.74, 6) is 2.06. The maximum Gasteiger partial charge on any atom is 0.239 e. The molecule has 0 radical (unpaired) electrons. The van der Waals surface area contributed by atoms with Crippen LogP contribution in [0.3, 0.4) is 0 Å². The Balaban J connectivity index is 1.73. The van der Waals surface area contributed by atoms with Gasteiger partial charge in [0.05, 0.1) is 6.04 Å². The average Bonchev–Trinajstić information content (AvgIpc) is 2.78. The van der Waals surface area contributed by atoms with Gasteiger partial charge in [0.1, 0.15) is 0 Å². The summed E-state index contributed by atoms with van der Waals surface area (Å²) in [7, 11) is 0. The van der Waals surface area contributed by atoms with Crippen LogP contribution in [0.1, 0.15) is 58.8 Å². The third kappa shape index (κ3) is 3.95. The summed E-state index contributed by atoms with van der Waals surface area (Å²) in [4.78, 5) is 14.4. The van der Waals surface area contributed by atoms with Gasteiger partial charge >= 0.3 is 0 Å². The maximum atomic E-state index is 12.3. The number of likely N-dealkylation sites (tertiary alicyclic amines) is 1. The molecule has 0 aromatic rings. The standard InChI is InChI=1S/C16H30N2O/c1-3-10-17-15-9-11-18(16(15)19)12-14-7-5-13(4-2)6-8-14/h13-15,17H,3-12H2,1-2H3.